The Balaban J connectivity index is 1.64. The van der Waals surface area contributed by atoms with Crippen LogP contribution in [0.3, 0.4) is 0 Å². The number of fused-ring (bicyclic) bond motifs is 1. The molecule has 2 unspecified atom stereocenters. The summed E-state index contributed by atoms with van der Waals surface area (Å²) in [6, 6.07) is 7.25. The molecule has 3 rings (SSSR count). The second-order valence-electron chi connectivity index (χ2n) is 6.69. The molecule has 3 heteroatoms. The molecule has 2 aliphatic rings. The second-order valence-corrected chi connectivity index (χ2v) is 7.83. The number of thioether (sulfide) groups is 1. The molecule has 20 heavy (non-hydrogen) atoms. The number of hydrogen-bond acceptors (Lipinski definition) is 3. The average molecular weight is 291 g/mol. The summed E-state index contributed by atoms with van der Waals surface area (Å²) in [5, 5.41) is 4.58. The van der Waals surface area contributed by atoms with E-state index in [9.17, 15) is 0 Å². The van der Waals surface area contributed by atoms with Gasteiger partial charge >= 0.3 is 0 Å². The minimum atomic E-state index is -0.0459. The van der Waals surface area contributed by atoms with Crippen LogP contribution >= 0.6 is 11.8 Å². The van der Waals surface area contributed by atoms with Crippen molar-refractivity contribution in [1.82, 2.24) is 5.32 Å². The third kappa shape index (κ3) is 2.99. The lowest BCUT2D eigenvalue weighted by Crippen LogP contribution is -2.27. The Bertz CT molecular complexity index is 486. The lowest BCUT2D eigenvalue weighted by atomic mass is 10.0. The third-order valence-electron chi connectivity index (χ3n) is 4.47. The summed E-state index contributed by atoms with van der Waals surface area (Å²) in [5.74, 6) is 1.13. The van der Waals surface area contributed by atoms with Gasteiger partial charge in [-0.25, -0.2) is 0 Å². The van der Waals surface area contributed by atoms with Crippen LogP contribution in [0.5, 0.6) is 5.75 Å². The van der Waals surface area contributed by atoms with Crippen molar-refractivity contribution < 1.29 is 4.74 Å². The number of nitrogens with one attached hydrogen (secondary N) is 1. The molecule has 2 atom stereocenters. The van der Waals surface area contributed by atoms with Gasteiger partial charge in [0.05, 0.1) is 0 Å². The summed E-state index contributed by atoms with van der Waals surface area (Å²) < 4.78 is 6.14. The first kappa shape index (κ1) is 14.3. The quantitative estimate of drug-likeness (QED) is 0.912. The van der Waals surface area contributed by atoms with Crippen molar-refractivity contribution >= 4 is 11.8 Å². The smallest absolute Gasteiger partial charge is 0.127 e. The minimum Gasteiger partial charge on any atom is -0.487 e. The lowest BCUT2D eigenvalue weighted by Gasteiger charge is -2.19. The van der Waals surface area contributed by atoms with E-state index in [0.29, 0.717) is 6.04 Å². The molecule has 110 valence electrons. The normalized spacial score (nSPS) is 27.4. The molecule has 1 N–H and O–H groups in total. The summed E-state index contributed by atoms with van der Waals surface area (Å²) in [5.41, 5.74) is 2.64. The van der Waals surface area contributed by atoms with Crippen LogP contribution in [0.4, 0.5) is 0 Å². The average Bonchev–Trinajstić information content (AvgIpc) is 2.98. The number of rotatable bonds is 4. The standard InChI is InChI=1S/C17H25NOS/c1-17(2)10-12-5-4-6-13(16(12)19-17)11-18-14-7-8-15(9-14)20-3/h4-6,14-15,18H,7-11H2,1-3H3. The minimum absolute atomic E-state index is 0.0459. The Labute approximate surface area is 126 Å². The molecule has 0 radical (unpaired) electrons. The van der Waals surface area contributed by atoms with Crippen molar-refractivity contribution in [3.63, 3.8) is 0 Å². The number of hydrogen-bond donors (Lipinski definition) is 1. The Kier molecular flexibility index (Phi) is 4.00. The molecule has 0 bridgehead atoms. The van der Waals surface area contributed by atoms with Gasteiger partial charge in [0.2, 0.25) is 0 Å². The van der Waals surface area contributed by atoms with Crippen LogP contribution in [0.15, 0.2) is 18.2 Å². The Morgan fingerprint density at radius 3 is 2.95 bits per heavy atom. The Morgan fingerprint density at radius 1 is 1.35 bits per heavy atom. The summed E-state index contributed by atoms with van der Waals surface area (Å²) in [4.78, 5) is 0. The third-order valence-corrected chi connectivity index (χ3v) is 5.57. The van der Waals surface area contributed by atoms with Crippen LogP contribution in [0.2, 0.25) is 0 Å². The SMILES string of the molecule is CSC1CCC(NCc2cccc3c2OC(C)(C)C3)C1. The molecule has 2 nitrogen and oxygen atoms in total. The molecule has 1 fully saturated rings. The molecular formula is C17H25NOS. The highest BCUT2D eigenvalue weighted by Crippen LogP contribution is 2.37. The molecule has 1 aliphatic heterocycles. The summed E-state index contributed by atoms with van der Waals surface area (Å²) in [6.45, 7) is 5.28. The summed E-state index contributed by atoms with van der Waals surface area (Å²) in [6.07, 6.45) is 7.23. The van der Waals surface area contributed by atoms with Gasteiger partial charge < -0.3 is 10.1 Å². The maximum atomic E-state index is 6.14. The van der Waals surface area contributed by atoms with Gasteiger partial charge in [-0.15, -0.1) is 0 Å². The first-order valence-electron chi connectivity index (χ1n) is 7.63. The zero-order valence-electron chi connectivity index (χ0n) is 12.7. The first-order chi connectivity index (χ1) is 9.57. The monoisotopic (exact) mass is 291 g/mol. The van der Waals surface area contributed by atoms with E-state index in [2.05, 4.69) is 43.6 Å². The van der Waals surface area contributed by atoms with E-state index in [4.69, 9.17) is 4.74 Å². The zero-order valence-corrected chi connectivity index (χ0v) is 13.6. The van der Waals surface area contributed by atoms with E-state index >= 15 is 0 Å². The lowest BCUT2D eigenvalue weighted by molar-refractivity contribution is 0.137. The maximum Gasteiger partial charge on any atom is 0.127 e. The molecule has 1 heterocycles. The molecule has 0 spiro atoms. The highest BCUT2D eigenvalue weighted by atomic mass is 32.2. The number of benzene rings is 1. The topological polar surface area (TPSA) is 21.3 Å². The second kappa shape index (κ2) is 5.61. The predicted molar refractivity (Wildman–Crippen MR) is 86.6 cm³/mol. The van der Waals surface area contributed by atoms with Gasteiger partial charge in [0.1, 0.15) is 11.4 Å². The van der Waals surface area contributed by atoms with Crippen LogP contribution in [0, 0.1) is 0 Å². The van der Waals surface area contributed by atoms with E-state index in [1.165, 1.54) is 30.4 Å². The van der Waals surface area contributed by atoms with Crippen molar-refractivity contribution in [3.05, 3.63) is 29.3 Å². The van der Waals surface area contributed by atoms with Gasteiger partial charge in [0.25, 0.3) is 0 Å². The molecule has 1 saturated carbocycles. The van der Waals surface area contributed by atoms with Gasteiger partial charge in [0, 0.05) is 29.8 Å². The van der Waals surface area contributed by atoms with E-state index in [-0.39, 0.29) is 5.60 Å². The fourth-order valence-electron chi connectivity index (χ4n) is 3.41. The first-order valence-corrected chi connectivity index (χ1v) is 8.92. The maximum absolute atomic E-state index is 6.14. The molecule has 0 aromatic heterocycles. The highest BCUT2D eigenvalue weighted by Gasteiger charge is 2.31. The molecule has 1 aromatic carbocycles. The molecule has 0 amide bonds. The predicted octanol–water partition coefficient (Wildman–Crippen LogP) is 3.77. The van der Waals surface area contributed by atoms with Crippen LogP contribution in [0.1, 0.15) is 44.2 Å². The van der Waals surface area contributed by atoms with E-state index in [1.807, 2.05) is 11.8 Å². The van der Waals surface area contributed by atoms with Crippen molar-refractivity contribution in [2.75, 3.05) is 6.26 Å². The van der Waals surface area contributed by atoms with Gasteiger partial charge in [-0.1, -0.05) is 18.2 Å². The molecule has 1 aliphatic carbocycles. The van der Waals surface area contributed by atoms with Gasteiger partial charge in [0.15, 0.2) is 0 Å². The Morgan fingerprint density at radius 2 is 2.20 bits per heavy atom. The summed E-state index contributed by atoms with van der Waals surface area (Å²) in [7, 11) is 0. The summed E-state index contributed by atoms with van der Waals surface area (Å²) >= 11 is 2.01. The molecular weight excluding hydrogens is 266 g/mol. The number of para-hydroxylation sites is 1. The molecule has 1 aromatic rings. The largest absolute Gasteiger partial charge is 0.487 e. The van der Waals surface area contributed by atoms with Crippen molar-refractivity contribution in [2.45, 2.75) is 63.0 Å². The Hall–Kier alpha value is -0.670. The number of ether oxygens (including phenoxy) is 1. The highest BCUT2D eigenvalue weighted by molar-refractivity contribution is 7.99. The van der Waals surface area contributed by atoms with Crippen LogP contribution < -0.4 is 10.1 Å². The van der Waals surface area contributed by atoms with Gasteiger partial charge in [-0.3, -0.25) is 0 Å². The van der Waals surface area contributed by atoms with Crippen LogP contribution in [-0.2, 0) is 13.0 Å². The van der Waals surface area contributed by atoms with Crippen molar-refractivity contribution in [3.8, 4) is 5.75 Å². The van der Waals surface area contributed by atoms with Crippen LogP contribution in [0.25, 0.3) is 0 Å². The van der Waals surface area contributed by atoms with E-state index in [1.54, 1.807) is 0 Å². The fraction of sp³-hybridized carbons (Fsp3) is 0.647. The van der Waals surface area contributed by atoms with Crippen LogP contribution in [-0.4, -0.2) is 23.1 Å². The van der Waals surface area contributed by atoms with Crippen molar-refractivity contribution in [1.29, 1.82) is 0 Å². The van der Waals surface area contributed by atoms with Gasteiger partial charge in [-0.2, -0.15) is 11.8 Å². The van der Waals surface area contributed by atoms with E-state index < -0.39 is 0 Å². The fourth-order valence-corrected chi connectivity index (χ4v) is 4.21. The van der Waals surface area contributed by atoms with Gasteiger partial charge in [-0.05, 0) is 44.9 Å². The zero-order chi connectivity index (χ0) is 14.2. The molecule has 0 saturated heterocycles. The van der Waals surface area contributed by atoms with E-state index in [0.717, 1.165) is 24.0 Å². The van der Waals surface area contributed by atoms with Crippen molar-refractivity contribution in [2.24, 2.45) is 0 Å².